The molecule has 0 saturated carbocycles. The van der Waals surface area contributed by atoms with Crippen LogP contribution in [0.15, 0.2) is 23.1 Å². The van der Waals surface area contributed by atoms with Crippen molar-refractivity contribution in [1.82, 2.24) is 10.2 Å². The first-order valence-corrected chi connectivity index (χ1v) is 6.88. The second-order valence-electron chi connectivity index (χ2n) is 4.17. The molecule has 0 unspecified atom stereocenters. The average molecular weight is 284 g/mol. The summed E-state index contributed by atoms with van der Waals surface area (Å²) in [5, 5.41) is 6.37. The Hall–Kier alpha value is -2.09. The number of aryl methyl sites for hydroxylation is 1. The van der Waals surface area contributed by atoms with Crippen molar-refractivity contribution < 1.29 is 12.8 Å². The molecule has 2 rings (SSSR count). The van der Waals surface area contributed by atoms with Gasteiger partial charge in [0, 0.05) is 23.0 Å². The lowest BCUT2D eigenvalue weighted by molar-refractivity contribution is 0.591. The summed E-state index contributed by atoms with van der Waals surface area (Å²) in [7, 11) is -3.93. The van der Waals surface area contributed by atoms with Gasteiger partial charge in [0.05, 0.1) is 4.90 Å². The van der Waals surface area contributed by atoms with E-state index in [0.717, 1.165) is 6.07 Å². The number of rotatable bonds is 3. The van der Waals surface area contributed by atoms with Crippen molar-refractivity contribution in [3.63, 3.8) is 0 Å². The molecule has 1 aromatic carbocycles. The average Bonchev–Trinajstić information content (AvgIpc) is 2.68. The molecule has 19 heavy (non-hydrogen) atoms. The molecule has 0 aliphatic rings. The Balaban J connectivity index is 2.45. The second kappa shape index (κ2) is 4.54. The molecular weight excluding hydrogens is 271 g/mol. The van der Waals surface area contributed by atoms with E-state index in [1.54, 1.807) is 6.92 Å². The highest BCUT2D eigenvalue weighted by Gasteiger charge is 2.20. The van der Waals surface area contributed by atoms with Crippen LogP contribution >= 0.6 is 0 Å². The molecule has 0 atom stereocenters. The summed E-state index contributed by atoms with van der Waals surface area (Å²) in [6.45, 7) is 3.11. The summed E-state index contributed by atoms with van der Waals surface area (Å²) in [4.78, 5) is -0.203. The van der Waals surface area contributed by atoms with Gasteiger partial charge in [-0.15, -0.1) is 0 Å². The Kier molecular flexibility index (Phi) is 3.19. The number of hydrogen-bond donors (Lipinski definition) is 3. The summed E-state index contributed by atoms with van der Waals surface area (Å²) in [5.74, 6) is -0.529. The van der Waals surface area contributed by atoms with Crippen LogP contribution in [0.4, 0.5) is 15.9 Å². The number of halogens is 1. The fourth-order valence-electron chi connectivity index (χ4n) is 1.62. The van der Waals surface area contributed by atoms with E-state index >= 15 is 0 Å². The Morgan fingerprint density at radius 1 is 1.32 bits per heavy atom. The molecule has 0 saturated heterocycles. The Bertz CT molecular complexity index is 724. The van der Waals surface area contributed by atoms with E-state index < -0.39 is 15.8 Å². The van der Waals surface area contributed by atoms with Gasteiger partial charge in [0.25, 0.3) is 10.0 Å². The minimum Gasteiger partial charge on any atom is -0.399 e. The van der Waals surface area contributed by atoms with E-state index in [2.05, 4.69) is 14.9 Å². The zero-order valence-corrected chi connectivity index (χ0v) is 11.2. The van der Waals surface area contributed by atoms with Gasteiger partial charge < -0.3 is 5.73 Å². The van der Waals surface area contributed by atoms with E-state index in [1.807, 2.05) is 0 Å². The number of benzene rings is 1. The van der Waals surface area contributed by atoms with Gasteiger partial charge in [-0.2, -0.15) is 5.10 Å². The highest BCUT2D eigenvalue weighted by molar-refractivity contribution is 7.92. The van der Waals surface area contributed by atoms with Crippen LogP contribution in [0.1, 0.15) is 11.3 Å². The zero-order chi connectivity index (χ0) is 14.2. The first-order valence-electron chi connectivity index (χ1n) is 5.40. The van der Waals surface area contributed by atoms with E-state index in [9.17, 15) is 12.8 Å². The summed E-state index contributed by atoms with van der Waals surface area (Å²) in [6, 6.07) is 3.81. The Morgan fingerprint density at radius 2 is 2.00 bits per heavy atom. The molecule has 0 radical (unpaired) electrons. The first kappa shape index (κ1) is 13.3. The number of anilines is 2. The molecule has 8 heteroatoms. The number of H-pyrrole nitrogens is 1. The third-order valence-electron chi connectivity index (χ3n) is 2.55. The molecule has 6 nitrogen and oxygen atoms in total. The van der Waals surface area contributed by atoms with Crippen LogP contribution in [0, 0.1) is 19.7 Å². The number of sulfonamides is 1. The molecule has 0 amide bonds. The van der Waals surface area contributed by atoms with Crippen molar-refractivity contribution >= 4 is 21.5 Å². The third kappa shape index (κ3) is 2.68. The van der Waals surface area contributed by atoms with Gasteiger partial charge in [-0.25, -0.2) is 12.8 Å². The standard InChI is InChI=1S/C11H13FN4O2S/c1-6-3-11(15-14-6)16-19(17,18)10-5-8(13)4-9(12)7(10)2/h3-5H,13H2,1-2H3,(H2,14,15,16). The quantitative estimate of drug-likeness (QED) is 0.744. The van der Waals surface area contributed by atoms with Gasteiger partial charge >= 0.3 is 0 Å². The van der Waals surface area contributed by atoms with E-state index in [-0.39, 0.29) is 22.0 Å². The van der Waals surface area contributed by atoms with Gasteiger partial charge in [0.2, 0.25) is 0 Å². The molecular formula is C11H13FN4O2S. The van der Waals surface area contributed by atoms with Crippen LogP contribution in [0.5, 0.6) is 0 Å². The molecule has 0 spiro atoms. The number of nitrogens with two attached hydrogens (primary N) is 1. The topological polar surface area (TPSA) is 101 Å². The maximum absolute atomic E-state index is 13.5. The molecule has 0 aliphatic carbocycles. The summed E-state index contributed by atoms with van der Waals surface area (Å²) >= 11 is 0. The third-order valence-corrected chi connectivity index (χ3v) is 4.03. The summed E-state index contributed by atoms with van der Waals surface area (Å²) in [5.41, 5.74) is 6.22. The smallest absolute Gasteiger partial charge is 0.263 e. The van der Waals surface area contributed by atoms with E-state index in [0.29, 0.717) is 5.69 Å². The molecule has 2 aromatic rings. The molecule has 0 aliphatic heterocycles. The number of nitrogens with one attached hydrogen (secondary N) is 2. The highest BCUT2D eigenvalue weighted by atomic mass is 32.2. The van der Waals surface area contributed by atoms with Crippen LogP contribution in [0.25, 0.3) is 0 Å². The Labute approximate surface area is 109 Å². The van der Waals surface area contributed by atoms with Gasteiger partial charge in [-0.3, -0.25) is 9.82 Å². The molecule has 0 bridgehead atoms. The van der Waals surface area contributed by atoms with Crippen LogP contribution in [-0.4, -0.2) is 18.6 Å². The minimum absolute atomic E-state index is 0.00829. The van der Waals surface area contributed by atoms with Crippen molar-refractivity contribution in [2.24, 2.45) is 0 Å². The maximum atomic E-state index is 13.5. The van der Waals surface area contributed by atoms with Gasteiger partial charge in [-0.1, -0.05) is 0 Å². The monoisotopic (exact) mass is 284 g/mol. The number of aromatic amines is 1. The van der Waals surface area contributed by atoms with Crippen LogP contribution in [0.2, 0.25) is 0 Å². The van der Waals surface area contributed by atoms with Crippen molar-refractivity contribution in [3.05, 3.63) is 35.3 Å². The van der Waals surface area contributed by atoms with Crippen LogP contribution < -0.4 is 10.5 Å². The molecule has 1 heterocycles. The first-order chi connectivity index (χ1) is 8.79. The number of aromatic nitrogens is 2. The fourth-order valence-corrected chi connectivity index (χ4v) is 2.90. The number of nitrogens with zero attached hydrogens (tertiary/aromatic N) is 1. The lowest BCUT2D eigenvalue weighted by Gasteiger charge is -2.10. The highest BCUT2D eigenvalue weighted by Crippen LogP contribution is 2.23. The second-order valence-corrected chi connectivity index (χ2v) is 5.82. The summed E-state index contributed by atoms with van der Waals surface area (Å²) < 4.78 is 40.1. The number of nitrogen functional groups attached to an aromatic ring is 1. The zero-order valence-electron chi connectivity index (χ0n) is 10.4. The van der Waals surface area contributed by atoms with Crippen LogP contribution in [0.3, 0.4) is 0 Å². The lowest BCUT2D eigenvalue weighted by Crippen LogP contribution is -2.15. The van der Waals surface area contributed by atoms with Gasteiger partial charge in [0.15, 0.2) is 5.82 Å². The van der Waals surface area contributed by atoms with Crippen molar-refractivity contribution in [1.29, 1.82) is 0 Å². The normalized spacial score (nSPS) is 11.5. The van der Waals surface area contributed by atoms with E-state index in [1.165, 1.54) is 19.1 Å². The summed E-state index contributed by atoms with van der Waals surface area (Å²) in [6.07, 6.45) is 0. The van der Waals surface area contributed by atoms with Crippen molar-refractivity contribution in [2.75, 3.05) is 10.5 Å². The SMILES string of the molecule is Cc1cc(NS(=O)(=O)c2cc(N)cc(F)c2C)n[nH]1. The Morgan fingerprint density at radius 3 is 2.58 bits per heavy atom. The molecule has 4 N–H and O–H groups in total. The predicted molar refractivity (Wildman–Crippen MR) is 69.7 cm³/mol. The van der Waals surface area contributed by atoms with Crippen molar-refractivity contribution in [2.45, 2.75) is 18.7 Å². The van der Waals surface area contributed by atoms with Crippen LogP contribution in [-0.2, 0) is 10.0 Å². The largest absolute Gasteiger partial charge is 0.399 e. The minimum atomic E-state index is -3.93. The number of hydrogen-bond acceptors (Lipinski definition) is 4. The molecule has 102 valence electrons. The maximum Gasteiger partial charge on any atom is 0.263 e. The van der Waals surface area contributed by atoms with Gasteiger partial charge in [-0.05, 0) is 26.0 Å². The lowest BCUT2D eigenvalue weighted by atomic mass is 10.2. The van der Waals surface area contributed by atoms with Crippen molar-refractivity contribution in [3.8, 4) is 0 Å². The van der Waals surface area contributed by atoms with E-state index in [4.69, 9.17) is 5.73 Å². The van der Waals surface area contributed by atoms with Gasteiger partial charge in [0.1, 0.15) is 5.82 Å². The fraction of sp³-hybridized carbons (Fsp3) is 0.182. The predicted octanol–water partition coefficient (Wildman–Crippen LogP) is 1.55. The molecule has 1 aromatic heterocycles. The molecule has 0 fully saturated rings.